The topological polar surface area (TPSA) is 96.9 Å². The van der Waals surface area contributed by atoms with E-state index in [1.807, 2.05) is 24.3 Å². The van der Waals surface area contributed by atoms with E-state index in [2.05, 4.69) is 25.2 Å². The molecule has 3 amide bonds. The lowest BCUT2D eigenvalue weighted by molar-refractivity contribution is 0.0962. The fourth-order valence-corrected chi connectivity index (χ4v) is 3.01. The summed E-state index contributed by atoms with van der Waals surface area (Å²) >= 11 is 2.42. The fourth-order valence-electron chi connectivity index (χ4n) is 1.65. The first-order chi connectivity index (χ1) is 10.2. The summed E-state index contributed by atoms with van der Waals surface area (Å²) in [5.41, 5.74) is 0.938. The number of imide groups is 1. The maximum absolute atomic E-state index is 11.7. The third-order valence-corrected chi connectivity index (χ3v) is 4.09. The molecule has 0 fully saturated rings. The second-order valence-electron chi connectivity index (χ2n) is 4.02. The molecule has 1 aliphatic carbocycles. The first kappa shape index (κ1) is 13.6. The largest absolute Gasteiger partial charge is 0.328 e. The number of carbonyl (C=O) groups excluding carboxylic acids is 2. The van der Waals surface area contributed by atoms with E-state index in [1.165, 1.54) is 16.7 Å². The number of anilines is 1. The van der Waals surface area contributed by atoms with Gasteiger partial charge in [-0.2, -0.15) is 0 Å². The number of aromatic nitrogens is 3. The van der Waals surface area contributed by atoms with Crippen molar-refractivity contribution in [2.45, 2.75) is 6.42 Å². The molecule has 0 saturated carbocycles. The predicted molar refractivity (Wildman–Crippen MR) is 80.4 cm³/mol. The second-order valence-corrected chi connectivity index (χ2v) is 5.71. The van der Waals surface area contributed by atoms with Crippen LogP contribution in [0.4, 0.5) is 9.93 Å². The molecule has 2 aromatic heterocycles. The quantitative estimate of drug-likeness (QED) is 0.883. The minimum absolute atomic E-state index is 0.109. The number of thiazole rings is 1. The van der Waals surface area contributed by atoms with Crippen LogP contribution in [0.1, 0.15) is 21.1 Å². The summed E-state index contributed by atoms with van der Waals surface area (Å²) in [6.45, 7) is 0. The van der Waals surface area contributed by atoms with Gasteiger partial charge in [-0.25, -0.2) is 9.78 Å². The molecule has 2 aromatic rings. The molecule has 0 aromatic carbocycles. The van der Waals surface area contributed by atoms with E-state index in [9.17, 15) is 9.59 Å². The number of amides is 3. The number of hydrogen-bond acceptors (Lipinski definition) is 7. The highest BCUT2D eigenvalue weighted by Crippen LogP contribution is 2.26. The number of nitrogens with zero attached hydrogens (tertiary/aromatic N) is 3. The van der Waals surface area contributed by atoms with Crippen LogP contribution in [0.25, 0.3) is 6.08 Å². The number of urea groups is 1. The zero-order chi connectivity index (χ0) is 14.7. The zero-order valence-corrected chi connectivity index (χ0v) is 12.2. The van der Waals surface area contributed by atoms with Crippen LogP contribution in [-0.2, 0) is 6.42 Å². The highest BCUT2D eigenvalue weighted by Gasteiger charge is 2.15. The van der Waals surface area contributed by atoms with E-state index in [0.717, 1.165) is 28.5 Å². The predicted octanol–water partition coefficient (Wildman–Crippen LogP) is 2.08. The van der Waals surface area contributed by atoms with Gasteiger partial charge in [0.15, 0.2) is 10.8 Å². The first-order valence-electron chi connectivity index (χ1n) is 5.94. The van der Waals surface area contributed by atoms with E-state index in [4.69, 9.17) is 0 Å². The smallest absolute Gasteiger partial charge is 0.283 e. The summed E-state index contributed by atoms with van der Waals surface area (Å²) in [5, 5.41) is 10.2. The summed E-state index contributed by atoms with van der Waals surface area (Å²) in [6.07, 6.45) is 8.52. The molecule has 0 spiro atoms. The number of fused-ring (bicyclic) bond motifs is 1. The molecule has 9 heteroatoms. The molecule has 0 aliphatic heterocycles. The van der Waals surface area contributed by atoms with Crippen LogP contribution in [0.5, 0.6) is 0 Å². The monoisotopic (exact) mass is 319 g/mol. The number of rotatable bonds is 2. The van der Waals surface area contributed by atoms with Crippen LogP contribution in [-0.4, -0.2) is 26.5 Å². The van der Waals surface area contributed by atoms with Crippen molar-refractivity contribution in [2.75, 3.05) is 5.32 Å². The van der Waals surface area contributed by atoms with E-state index in [-0.39, 0.29) is 5.69 Å². The molecule has 106 valence electrons. The van der Waals surface area contributed by atoms with Gasteiger partial charge in [0.05, 0.1) is 5.69 Å². The van der Waals surface area contributed by atoms with Crippen LogP contribution in [0.2, 0.25) is 0 Å². The SMILES string of the molecule is O=C(NC(=O)c1csnn1)Nc1nc2c(s1)CC=CC=C2. The number of hydrogen-bond donors (Lipinski definition) is 2. The molecule has 0 atom stereocenters. The zero-order valence-electron chi connectivity index (χ0n) is 10.6. The second kappa shape index (κ2) is 5.94. The Kier molecular flexibility index (Phi) is 3.84. The lowest BCUT2D eigenvalue weighted by Gasteiger charge is -2.01. The normalized spacial score (nSPS) is 12.6. The molecule has 0 unspecified atom stereocenters. The van der Waals surface area contributed by atoms with Crippen molar-refractivity contribution in [3.05, 3.63) is 39.9 Å². The Morgan fingerprint density at radius 1 is 1.29 bits per heavy atom. The van der Waals surface area contributed by atoms with Gasteiger partial charge in [-0.15, -0.1) is 16.4 Å². The number of carbonyl (C=O) groups is 2. The molecule has 2 heterocycles. The van der Waals surface area contributed by atoms with Gasteiger partial charge in [0.2, 0.25) is 0 Å². The summed E-state index contributed by atoms with van der Waals surface area (Å²) in [4.78, 5) is 28.8. The third-order valence-electron chi connectivity index (χ3n) is 2.57. The van der Waals surface area contributed by atoms with Gasteiger partial charge in [-0.3, -0.25) is 15.4 Å². The van der Waals surface area contributed by atoms with Crippen molar-refractivity contribution in [3.8, 4) is 0 Å². The summed E-state index contributed by atoms with van der Waals surface area (Å²) < 4.78 is 3.56. The van der Waals surface area contributed by atoms with Crippen LogP contribution in [0.3, 0.4) is 0 Å². The maximum Gasteiger partial charge on any atom is 0.328 e. The lowest BCUT2D eigenvalue weighted by Crippen LogP contribution is -2.34. The van der Waals surface area contributed by atoms with Crippen LogP contribution < -0.4 is 10.6 Å². The average Bonchev–Trinajstić information content (AvgIpc) is 3.05. The molecule has 3 rings (SSSR count). The fraction of sp³-hybridized carbons (Fsp3) is 0.0833. The molecule has 1 aliphatic rings. The Labute approximate surface area is 127 Å². The van der Waals surface area contributed by atoms with E-state index < -0.39 is 11.9 Å². The molecular formula is C12H9N5O2S2. The highest BCUT2D eigenvalue weighted by molar-refractivity contribution is 7.16. The Bertz CT molecular complexity index is 733. The summed E-state index contributed by atoms with van der Waals surface area (Å²) in [6, 6.07) is -0.642. The minimum Gasteiger partial charge on any atom is -0.283 e. The van der Waals surface area contributed by atoms with Gasteiger partial charge in [-0.1, -0.05) is 22.7 Å². The Morgan fingerprint density at radius 2 is 2.19 bits per heavy atom. The van der Waals surface area contributed by atoms with Crippen molar-refractivity contribution in [1.29, 1.82) is 0 Å². The van der Waals surface area contributed by atoms with Gasteiger partial charge >= 0.3 is 6.03 Å². The van der Waals surface area contributed by atoms with E-state index >= 15 is 0 Å². The Balaban J connectivity index is 1.64. The average molecular weight is 319 g/mol. The van der Waals surface area contributed by atoms with Gasteiger partial charge in [0.1, 0.15) is 0 Å². The van der Waals surface area contributed by atoms with Gasteiger partial charge in [0.25, 0.3) is 5.91 Å². The van der Waals surface area contributed by atoms with Crippen LogP contribution in [0.15, 0.2) is 23.6 Å². The van der Waals surface area contributed by atoms with Crippen LogP contribution >= 0.6 is 22.9 Å². The summed E-state index contributed by atoms with van der Waals surface area (Å²) in [7, 11) is 0. The molecule has 0 radical (unpaired) electrons. The van der Waals surface area contributed by atoms with Crippen molar-refractivity contribution < 1.29 is 9.59 Å². The van der Waals surface area contributed by atoms with Crippen LogP contribution in [0, 0.1) is 0 Å². The molecule has 2 N–H and O–H groups in total. The van der Waals surface area contributed by atoms with E-state index in [1.54, 1.807) is 0 Å². The van der Waals surface area contributed by atoms with Crippen molar-refractivity contribution >= 4 is 46.0 Å². The molecule has 7 nitrogen and oxygen atoms in total. The van der Waals surface area contributed by atoms with E-state index in [0.29, 0.717) is 5.13 Å². The van der Waals surface area contributed by atoms with Gasteiger partial charge in [0, 0.05) is 16.7 Å². The van der Waals surface area contributed by atoms with Crippen molar-refractivity contribution in [1.82, 2.24) is 19.9 Å². The molecule has 0 bridgehead atoms. The standard InChI is InChI=1S/C12H9N5O2S2/c18-10(8-6-20-17-16-8)14-11(19)15-12-13-7-4-2-1-3-5-9(7)21-12/h1-4,6H,5H2,(H2,13,14,15,18,19). The van der Waals surface area contributed by atoms with Gasteiger partial charge in [-0.05, 0) is 17.6 Å². The molecule has 21 heavy (non-hydrogen) atoms. The highest BCUT2D eigenvalue weighted by atomic mass is 32.1. The Morgan fingerprint density at radius 3 is 3.00 bits per heavy atom. The first-order valence-corrected chi connectivity index (χ1v) is 7.60. The number of allylic oxidation sites excluding steroid dienone is 3. The molecular weight excluding hydrogens is 310 g/mol. The third kappa shape index (κ3) is 3.20. The van der Waals surface area contributed by atoms with Crippen molar-refractivity contribution in [2.24, 2.45) is 0 Å². The Hall–Kier alpha value is -2.39. The van der Waals surface area contributed by atoms with Crippen molar-refractivity contribution in [3.63, 3.8) is 0 Å². The lowest BCUT2D eigenvalue weighted by atomic mass is 10.3. The van der Waals surface area contributed by atoms with Gasteiger partial charge < -0.3 is 0 Å². The minimum atomic E-state index is -0.642. The maximum atomic E-state index is 11.7. The number of nitrogens with one attached hydrogen (secondary N) is 2. The molecule has 0 saturated heterocycles. The summed E-state index contributed by atoms with van der Waals surface area (Å²) in [5.74, 6) is -0.595.